The zero-order valence-electron chi connectivity index (χ0n) is 7.12. The first-order valence-corrected chi connectivity index (χ1v) is 3.94. The normalized spacial score (nSPS) is 9.42. The molecule has 0 amide bonds. The fourth-order valence-electron chi connectivity index (χ4n) is 0.980. The fraction of sp³-hybridized carbons (Fsp3) is 0.300. The van der Waals surface area contributed by atoms with Gasteiger partial charge in [0.05, 0.1) is 6.61 Å². The summed E-state index contributed by atoms with van der Waals surface area (Å²) in [7, 11) is 0. The van der Waals surface area contributed by atoms with Crippen molar-refractivity contribution in [3.63, 3.8) is 0 Å². The maximum Gasteiger partial charge on any atom is 0.293 e. The van der Waals surface area contributed by atoms with E-state index in [-0.39, 0.29) is 0 Å². The van der Waals surface area contributed by atoms with Crippen LogP contribution in [0, 0.1) is 6.92 Å². The molecule has 2 heteroatoms. The summed E-state index contributed by atoms with van der Waals surface area (Å²) in [6, 6.07) is 8.19. The average Bonchev–Trinajstić information content (AvgIpc) is 2.09. The second-order valence-corrected chi connectivity index (χ2v) is 2.70. The highest BCUT2D eigenvalue weighted by Gasteiger charge is 1.91. The molecule has 1 aromatic rings. The lowest BCUT2D eigenvalue weighted by Gasteiger charge is -1.99. The van der Waals surface area contributed by atoms with E-state index in [4.69, 9.17) is 0 Å². The van der Waals surface area contributed by atoms with E-state index >= 15 is 0 Å². The monoisotopic (exact) mass is 164 g/mol. The number of carbonyl (C=O) groups excluding carboxylic acids is 1. The molecule has 0 atom stereocenters. The van der Waals surface area contributed by atoms with Gasteiger partial charge in [-0.2, -0.15) is 0 Å². The van der Waals surface area contributed by atoms with Crippen LogP contribution in [0.4, 0.5) is 0 Å². The zero-order chi connectivity index (χ0) is 8.81. The highest BCUT2D eigenvalue weighted by molar-refractivity contribution is 5.37. The van der Waals surface area contributed by atoms with Crippen LogP contribution in [0.25, 0.3) is 0 Å². The smallest absolute Gasteiger partial charge is 0.293 e. The van der Waals surface area contributed by atoms with E-state index in [1.807, 2.05) is 19.1 Å². The lowest BCUT2D eigenvalue weighted by atomic mass is 10.1. The predicted molar refractivity (Wildman–Crippen MR) is 46.9 cm³/mol. The molecule has 0 fully saturated rings. The summed E-state index contributed by atoms with van der Waals surface area (Å²) in [5.41, 5.74) is 2.44. The van der Waals surface area contributed by atoms with Gasteiger partial charge in [-0.1, -0.05) is 29.8 Å². The lowest BCUT2D eigenvalue weighted by Crippen LogP contribution is -1.96. The Bertz CT molecular complexity index is 239. The summed E-state index contributed by atoms with van der Waals surface area (Å²) in [6.07, 6.45) is 0.791. The van der Waals surface area contributed by atoms with Gasteiger partial charge in [-0.25, -0.2) is 0 Å². The predicted octanol–water partition coefficient (Wildman–Crippen LogP) is 1.71. The molecule has 1 aromatic carbocycles. The molecule has 1 rings (SSSR count). The fourth-order valence-corrected chi connectivity index (χ4v) is 0.980. The Kier molecular flexibility index (Phi) is 3.33. The summed E-state index contributed by atoms with van der Waals surface area (Å²) in [6.45, 7) is 2.99. The van der Waals surface area contributed by atoms with Crippen molar-refractivity contribution in [1.82, 2.24) is 0 Å². The Hall–Kier alpha value is -1.31. The van der Waals surface area contributed by atoms with Gasteiger partial charge in [0, 0.05) is 6.42 Å². The average molecular weight is 164 g/mol. The molecule has 12 heavy (non-hydrogen) atoms. The Morgan fingerprint density at radius 2 is 2.00 bits per heavy atom. The van der Waals surface area contributed by atoms with Crippen LogP contribution in [0.2, 0.25) is 0 Å². The molecule has 0 bridgehead atoms. The van der Waals surface area contributed by atoms with E-state index < -0.39 is 0 Å². The van der Waals surface area contributed by atoms with Crippen molar-refractivity contribution >= 4 is 6.47 Å². The largest absolute Gasteiger partial charge is 0.468 e. The van der Waals surface area contributed by atoms with Gasteiger partial charge in [-0.3, -0.25) is 4.79 Å². The van der Waals surface area contributed by atoms with Crippen LogP contribution in [0.1, 0.15) is 11.1 Å². The summed E-state index contributed by atoms with van der Waals surface area (Å²) in [5, 5.41) is 0. The van der Waals surface area contributed by atoms with E-state index in [0.717, 1.165) is 6.42 Å². The highest BCUT2D eigenvalue weighted by atomic mass is 16.5. The molecule has 0 saturated heterocycles. The number of carbonyl (C=O) groups is 1. The van der Waals surface area contributed by atoms with Gasteiger partial charge in [-0.05, 0) is 12.5 Å². The molecule has 0 aliphatic rings. The minimum absolute atomic E-state index is 0.465. The molecule has 0 radical (unpaired) electrons. The van der Waals surface area contributed by atoms with Gasteiger partial charge in [-0.15, -0.1) is 0 Å². The van der Waals surface area contributed by atoms with E-state index in [9.17, 15) is 4.79 Å². The van der Waals surface area contributed by atoms with Gasteiger partial charge in [0.15, 0.2) is 0 Å². The Morgan fingerprint density at radius 1 is 1.33 bits per heavy atom. The maximum absolute atomic E-state index is 9.83. The number of hydrogen-bond acceptors (Lipinski definition) is 2. The van der Waals surface area contributed by atoms with Crippen LogP contribution < -0.4 is 0 Å². The van der Waals surface area contributed by atoms with Gasteiger partial charge in [0.1, 0.15) is 0 Å². The summed E-state index contributed by atoms with van der Waals surface area (Å²) in [4.78, 5) is 9.83. The molecule has 0 aliphatic heterocycles. The van der Waals surface area contributed by atoms with Crippen molar-refractivity contribution in [3.8, 4) is 0 Å². The lowest BCUT2D eigenvalue weighted by molar-refractivity contribution is -0.128. The molecule has 0 saturated carbocycles. The van der Waals surface area contributed by atoms with Gasteiger partial charge >= 0.3 is 0 Å². The van der Waals surface area contributed by atoms with Crippen LogP contribution in [0.5, 0.6) is 0 Å². The molecule has 0 spiro atoms. The van der Waals surface area contributed by atoms with E-state index in [1.54, 1.807) is 0 Å². The van der Waals surface area contributed by atoms with Crippen molar-refractivity contribution in [2.24, 2.45) is 0 Å². The first-order chi connectivity index (χ1) is 5.83. The Balaban J connectivity index is 2.42. The molecule has 0 aliphatic carbocycles. The minimum Gasteiger partial charge on any atom is -0.468 e. The van der Waals surface area contributed by atoms with Crippen LogP contribution in [-0.4, -0.2) is 13.1 Å². The minimum atomic E-state index is 0.465. The molecule has 0 N–H and O–H groups in total. The second kappa shape index (κ2) is 4.54. The highest BCUT2D eigenvalue weighted by Crippen LogP contribution is 2.03. The molecule has 2 nitrogen and oxygen atoms in total. The van der Waals surface area contributed by atoms with Crippen LogP contribution >= 0.6 is 0 Å². The van der Waals surface area contributed by atoms with Crippen molar-refractivity contribution in [1.29, 1.82) is 0 Å². The summed E-state index contributed by atoms with van der Waals surface area (Å²) >= 11 is 0. The van der Waals surface area contributed by atoms with E-state index in [2.05, 4.69) is 16.9 Å². The zero-order valence-corrected chi connectivity index (χ0v) is 7.12. The number of aryl methyl sites for hydroxylation is 1. The SMILES string of the molecule is Cc1ccc(CCOC=O)cc1. The van der Waals surface area contributed by atoms with Crippen molar-refractivity contribution in [2.75, 3.05) is 6.61 Å². The molecule has 0 unspecified atom stereocenters. The van der Waals surface area contributed by atoms with Crippen molar-refractivity contribution in [2.45, 2.75) is 13.3 Å². The van der Waals surface area contributed by atoms with E-state index in [0.29, 0.717) is 13.1 Å². The molecule has 0 heterocycles. The van der Waals surface area contributed by atoms with Crippen molar-refractivity contribution in [3.05, 3.63) is 35.4 Å². The summed E-state index contributed by atoms with van der Waals surface area (Å²) in [5.74, 6) is 0. The molecule has 0 aromatic heterocycles. The van der Waals surface area contributed by atoms with Gasteiger partial charge in [0.2, 0.25) is 0 Å². The first kappa shape index (κ1) is 8.78. The number of hydrogen-bond donors (Lipinski definition) is 0. The first-order valence-electron chi connectivity index (χ1n) is 3.94. The third-order valence-corrected chi connectivity index (χ3v) is 1.70. The van der Waals surface area contributed by atoms with Crippen LogP contribution in [0.3, 0.4) is 0 Å². The molecular weight excluding hydrogens is 152 g/mol. The second-order valence-electron chi connectivity index (χ2n) is 2.70. The maximum atomic E-state index is 9.83. The molecule has 64 valence electrons. The number of rotatable bonds is 4. The number of ether oxygens (including phenoxy) is 1. The Morgan fingerprint density at radius 3 is 2.58 bits per heavy atom. The summed E-state index contributed by atoms with van der Waals surface area (Å²) < 4.78 is 4.59. The third kappa shape index (κ3) is 2.74. The van der Waals surface area contributed by atoms with Crippen LogP contribution in [0.15, 0.2) is 24.3 Å². The van der Waals surface area contributed by atoms with Gasteiger partial charge in [0.25, 0.3) is 6.47 Å². The Labute approximate surface area is 72.2 Å². The van der Waals surface area contributed by atoms with E-state index in [1.165, 1.54) is 11.1 Å². The van der Waals surface area contributed by atoms with Crippen molar-refractivity contribution < 1.29 is 9.53 Å². The van der Waals surface area contributed by atoms with Gasteiger partial charge < -0.3 is 4.74 Å². The number of benzene rings is 1. The molecular formula is C10H12O2. The quantitative estimate of drug-likeness (QED) is 0.500. The standard InChI is InChI=1S/C10H12O2/c1-9-2-4-10(5-3-9)6-7-12-8-11/h2-5,8H,6-7H2,1H3. The van der Waals surface area contributed by atoms with Crippen LogP contribution in [-0.2, 0) is 16.0 Å². The topological polar surface area (TPSA) is 26.3 Å². The third-order valence-electron chi connectivity index (χ3n) is 1.70.